The molecule has 0 aromatic heterocycles. The van der Waals surface area contributed by atoms with E-state index in [2.05, 4.69) is 42.0 Å². The summed E-state index contributed by atoms with van der Waals surface area (Å²) in [4.78, 5) is 31.2. The van der Waals surface area contributed by atoms with E-state index in [9.17, 15) is 9.59 Å². The second-order valence-electron chi connectivity index (χ2n) is 8.98. The molecule has 0 radical (unpaired) electrons. The summed E-state index contributed by atoms with van der Waals surface area (Å²) in [5.41, 5.74) is 2.03. The van der Waals surface area contributed by atoms with Crippen LogP contribution < -0.4 is 5.32 Å². The van der Waals surface area contributed by atoms with E-state index in [0.717, 1.165) is 63.4 Å². The molecule has 0 spiro atoms. The Morgan fingerprint density at radius 1 is 0.893 bits per heavy atom. The van der Waals surface area contributed by atoms with Crippen molar-refractivity contribution in [1.29, 1.82) is 0 Å². The van der Waals surface area contributed by atoms with Gasteiger partial charge in [-0.25, -0.2) is 0 Å². The highest BCUT2D eigenvalue weighted by Crippen LogP contribution is 2.29. The highest BCUT2D eigenvalue weighted by molar-refractivity contribution is 5.93. The average molecular weight is 387 g/mol. The van der Waals surface area contributed by atoms with Gasteiger partial charge in [0.1, 0.15) is 0 Å². The average Bonchev–Trinajstić information content (AvgIpc) is 3.18. The van der Waals surface area contributed by atoms with E-state index in [1.54, 1.807) is 0 Å². The third-order valence-electron chi connectivity index (χ3n) is 5.66. The predicted octanol–water partition coefficient (Wildman–Crippen LogP) is 2.16. The number of nitrogens with zero attached hydrogens (tertiary/aromatic N) is 3. The molecule has 1 aromatic rings. The van der Waals surface area contributed by atoms with Crippen LogP contribution in [-0.4, -0.2) is 78.9 Å². The molecule has 2 amide bonds. The lowest BCUT2D eigenvalue weighted by molar-refractivity contribution is -0.132. The Morgan fingerprint density at radius 3 is 2.07 bits per heavy atom. The third kappa shape index (κ3) is 5.55. The fourth-order valence-corrected chi connectivity index (χ4v) is 4.00. The molecule has 6 nitrogen and oxygen atoms in total. The first-order chi connectivity index (χ1) is 13.3. The summed E-state index contributed by atoms with van der Waals surface area (Å²) in [5.74, 6) is 0.278. The van der Waals surface area contributed by atoms with E-state index in [4.69, 9.17) is 0 Å². The molecule has 6 heteroatoms. The summed E-state index contributed by atoms with van der Waals surface area (Å²) in [6, 6.07) is 8.02. The summed E-state index contributed by atoms with van der Waals surface area (Å²) in [6.45, 7) is 12.5. The van der Waals surface area contributed by atoms with E-state index in [1.165, 1.54) is 0 Å². The maximum Gasteiger partial charge on any atom is 0.238 e. The van der Waals surface area contributed by atoms with Gasteiger partial charge in [0.25, 0.3) is 0 Å². The molecule has 2 heterocycles. The van der Waals surface area contributed by atoms with Crippen LogP contribution in [0.25, 0.3) is 0 Å². The number of hydrogen-bond acceptors (Lipinski definition) is 4. The molecular weight excluding hydrogens is 352 g/mol. The maximum absolute atomic E-state index is 12.6. The first-order valence-electron chi connectivity index (χ1n) is 10.4. The smallest absolute Gasteiger partial charge is 0.238 e. The van der Waals surface area contributed by atoms with Gasteiger partial charge in [0.05, 0.1) is 13.1 Å². The molecular formula is C22H34N4O2. The summed E-state index contributed by atoms with van der Waals surface area (Å²) in [6.07, 6.45) is 2.26. The van der Waals surface area contributed by atoms with E-state index < -0.39 is 0 Å². The number of benzene rings is 1. The van der Waals surface area contributed by atoms with Crippen LogP contribution in [0.4, 0.5) is 5.69 Å². The van der Waals surface area contributed by atoms with E-state index in [1.807, 2.05) is 23.1 Å². The Balaban J connectivity index is 1.45. The number of carbonyl (C=O) groups is 2. The molecule has 2 aliphatic rings. The van der Waals surface area contributed by atoms with Gasteiger partial charge >= 0.3 is 0 Å². The molecule has 0 unspecified atom stereocenters. The second-order valence-corrected chi connectivity index (χ2v) is 8.98. The lowest BCUT2D eigenvalue weighted by atomic mass is 9.86. The number of hydrogen-bond donors (Lipinski definition) is 1. The summed E-state index contributed by atoms with van der Waals surface area (Å²) < 4.78 is 0. The third-order valence-corrected chi connectivity index (χ3v) is 5.66. The molecule has 0 saturated carbocycles. The Kier molecular flexibility index (Phi) is 6.73. The number of anilines is 1. The van der Waals surface area contributed by atoms with Gasteiger partial charge in [-0.2, -0.15) is 0 Å². The van der Waals surface area contributed by atoms with Crippen LogP contribution in [-0.2, 0) is 15.0 Å². The number of rotatable bonds is 5. The topological polar surface area (TPSA) is 55.9 Å². The molecule has 2 fully saturated rings. The van der Waals surface area contributed by atoms with Crippen LogP contribution in [0.3, 0.4) is 0 Å². The standard InChI is InChI=1S/C22H34N4O2/c1-22(2,3)18-8-4-5-9-19(18)23-20(27)16-24-12-14-25(15-13-24)17-21(28)26-10-6-7-11-26/h4-5,8-9H,6-7,10-17H2,1-3H3,(H,23,27). The zero-order chi connectivity index (χ0) is 20.1. The van der Waals surface area contributed by atoms with Crippen LogP contribution in [0, 0.1) is 0 Å². The highest BCUT2D eigenvalue weighted by atomic mass is 16.2. The van der Waals surface area contributed by atoms with Gasteiger partial charge in [0, 0.05) is 45.0 Å². The number of likely N-dealkylation sites (tertiary alicyclic amines) is 1. The zero-order valence-corrected chi connectivity index (χ0v) is 17.5. The molecule has 0 atom stereocenters. The largest absolute Gasteiger partial charge is 0.342 e. The minimum atomic E-state index is -0.0165. The van der Waals surface area contributed by atoms with Gasteiger partial charge in [0.2, 0.25) is 11.8 Å². The van der Waals surface area contributed by atoms with Crippen molar-refractivity contribution in [3.63, 3.8) is 0 Å². The summed E-state index contributed by atoms with van der Waals surface area (Å²) in [5, 5.41) is 3.09. The van der Waals surface area contributed by atoms with Gasteiger partial charge < -0.3 is 10.2 Å². The fraction of sp³-hybridized carbons (Fsp3) is 0.636. The first kappa shape index (κ1) is 20.8. The summed E-state index contributed by atoms with van der Waals surface area (Å²) in [7, 11) is 0. The van der Waals surface area contributed by atoms with Gasteiger partial charge in [-0.15, -0.1) is 0 Å². The Morgan fingerprint density at radius 2 is 1.46 bits per heavy atom. The lowest BCUT2D eigenvalue weighted by Gasteiger charge is -2.34. The van der Waals surface area contributed by atoms with Gasteiger partial charge in [0.15, 0.2) is 0 Å². The van der Waals surface area contributed by atoms with Gasteiger partial charge in [-0.05, 0) is 29.9 Å². The van der Waals surface area contributed by atoms with Crippen molar-refractivity contribution in [2.45, 2.75) is 39.0 Å². The Bertz CT molecular complexity index is 684. The molecule has 28 heavy (non-hydrogen) atoms. The van der Waals surface area contributed by atoms with Crippen molar-refractivity contribution in [3.05, 3.63) is 29.8 Å². The van der Waals surface area contributed by atoms with Gasteiger partial charge in [-0.1, -0.05) is 39.0 Å². The van der Waals surface area contributed by atoms with Crippen molar-refractivity contribution < 1.29 is 9.59 Å². The highest BCUT2D eigenvalue weighted by Gasteiger charge is 2.25. The zero-order valence-electron chi connectivity index (χ0n) is 17.5. The number of amides is 2. The Labute approximate surface area is 168 Å². The van der Waals surface area contributed by atoms with Crippen LogP contribution >= 0.6 is 0 Å². The van der Waals surface area contributed by atoms with Crippen molar-refractivity contribution in [2.75, 3.05) is 57.7 Å². The summed E-state index contributed by atoms with van der Waals surface area (Å²) >= 11 is 0. The minimum absolute atomic E-state index is 0.0165. The molecule has 1 N–H and O–H groups in total. The molecule has 1 aromatic carbocycles. The van der Waals surface area contributed by atoms with E-state index in [0.29, 0.717) is 13.1 Å². The predicted molar refractivity (Wildman–Crippen MR) is 112 cm³/mol. The lowest BCUT2D eigenvalue weighted by Crippen LogP contribution is -2.51. The van der Waals surface area contributed by atoms with Crippen LogP contribution in [0.1, 0.15) is 39.2 Å². The first-order valence-corrected chi connectivity index (χ1v) is 10.4. The fourth-order valence-electron chi connectivity index (χ4n) is 4.00. The van der Waals surface area contributed by atoms with Crippen molar-refractivity contribution in [2.24, 2.45) is 0 Å². The molecule has 2 aliphatic heterocycles. The molecule has 0 bridgehead atoms. The van der Waals surface area contributed by atoms with Crippen molar-refractivity contribution in [3.8, 4) is 0 Å². The van der Waals surface area contributed by atoms with E-state index in [-0.39, 0.29) is 17.2 Å². The number of piperazine rings is 1. The normalized spacial score (nSPS) is 19.0. The molecule has 0 aliphatic carbocycles. The van der Waals surface area contributed by atoms with Crippen LogP contribution in [0.2, 0.25) is 0 Å². The minimum Gasteiger partial charge on any atom is -0.342 e. The van der Waals surface area contributed by atoms with Crippen molar-refractivity contribution in [1.82, 2.24) is 14.7 Å². The quantitative estimate of drug-likeness (QED) is 0.843. The molecule has 154 valence electrons. The van der Waals surface area contributed by atoms with Crippen LogP contribution in [0.5, 0.6) is 0 Å². The van der Waals surface area contributed by atoms with Gasteiger partial charge in [-0.3, -0.25) is 19.4 Å². The Hall–Kier alpha value is -1.92. The maximum atomic E-state index is 12.6. The monoisotopic (exact) mass is 386 g/mol. The number of para-hydroxylation sites is 1. The van der Waals surface area contributed by atoms with E-state index >= 15 is 0 Å². The second kappa shape index (κ2) is 9.05. The SMILES string of the molecule is CC(C)(C)c1ccccc1NC(=O)CN1CCN(CC(=O)N2CCCC2)CC1. The molecule has 3 rings (SSSR count). The number of nitrogens with one attached hydrogen (secondary N) is 1. The van der Waals surface area contributed by atoms with Crippen molar-refractivity contribution >= 4 is 17.5 Å². The number of carbonyl (C=O) groups excluding carboxylic acids is 2. The van der Waals surface area contributed by atoms with Crippen LogP contribution in [0.15, 0.2) is 24.3 Å². The molecule has 2 saturated heterocycles.